The van der Waals surface area contributed by atoms with Gasteiger partial charge in [0.1, 0.15) is 5.82 Å². The van der Waals surface area contributed by atoms with Crippen molar-refractivity contribution < 1.29 is 9.50 Å². The van der Waals surface area contributed by atoms with Gasteiger partial charge < -0.3 is 5.11 Å². The van der Waals surface area contributed by atoms with E-state index in [9.17, 15) is 4.39 Å². The number of halogens is 1. The van der Waals surface area contributed by atoms with Crippen LogP contribution in [0.15, 0.2) is 24.3 Å². The number of aliphatic hydroxyl groups excluding tert-OH is 1. The number of aliphatic hydroxyl groups is 1. The summed E-state index contributed by atoms with van der Waals surface area (Å²) >= 11 is 0. The molecule has 0 saturated heterocycles. The maximum Gasteiger partial charge on any atom is 0.123 e. The van der Waals surface area contributed by atoms with Crippen molar-refractivity contribution in [2.75, 3.05) is 19.7 Å². The molecular formula is C11H16FNO. The summed E-state index contributed by atoms with van der Waals surface area (Å²) in [4.78, 5) is 2.10. The average Bonchev–Trinajstić information content (AvgIpc) is 2.20. The maximum atomic E-state index is 12.6. The predicted octanol–water partition coefficient (Wildman–Crippen LogP) is 1.64. The van der Waals surface area contributed by atoms with Crippen LogP contribution in [0.1, 0.15) is 12.5 Å². The Morgan fingerprint density at radius 2 is 1.93 bits per heavy atom. The molecule has 1 aromatic rings. The molecule has 0 radical (unpaired) electrons. The molecule has 2 nitrogen and oxygen atoms in total. The van der Waals surface area contributed by atoms with Crippen LogP contribution in [0.4, 0.5) is 4.39 Å². The second-order valence-corrected chi connectivity index (χ2v) is 3.22. The van der Waals surface area contributed by atoms with Gasteiger partial charge in [0, 0.05) is 13.1 Å². The van der Waals surface area contributed by atoms with Gasteiger partial charge >= 0.3 is 0 Å². The maximum absolute atomic E-state index is 12.6. The number of hydrogen-bond donors (Lipinski definition) is 1. The first-order valence-electron chi connectivity index (χ1n) is 4.84. The van der Waals surface area contributed by atoms with E-state index in [1.165, 1.54) is 12.1 Å². The summed E-state index contributed by atoms with van der Waals surface area (Å²) in [5.74, 6) is -0.209. The van der Waals surface area contributed by atoms with E-state index >= 15 is 0 Å². The van der Waals surface area contributed by atoms with E-state index in [0.29, 0.717) is 6.54 Å². The van der Waals surface area contributed by atoms with E-state index in [1.807, 2.05) is 6.92 Å². The summed E-state index contributed by atoms with van der Waals surface area (Å²) in [6.45, 7) is 4.51. The van der Waals surface area contributed by atoms with Crippen LogP contribution in [0.3, 0.4) is 0 Å². The first-order valence-corrected chi connectivity index (χ1v) is 4.84. The molecule has 1 rings (SSSR count). The molecule has 0 aliphatic rings. The largest absolute Gasteiger partial charge is 0.395 e. The second-order valence-electron chi connectivity index (χ2n) is 3.22. The van der Waals surface area contributed by atoms with Gasteiger partial charge in [-0.1, -0.05) is 19.1 Å². The van der Waals surface area contributed by atoms with Gasteiger partial charge in [-0.3, -0.25) is 4.90 Å². The van der Waals surface area contributed by atoms with Gasteiger partial charge in [0.25, 0.3) is 0 Å². The highest BCUT2D eigenvalue weighted by atomic mass is 19.1. The van der Waals surface area contributed by atoms with Crippen molar-refractivity contribution >= 4 is 0 Å². The third-order valence-corrected chi connectivity index (χ3v) is 2.18. The lowest BCUT2D eigenvalue weighted by molar-refractivity contribution is 0.197. The summed E-state index contributed by atoms with van der Waals surface area (Å²) in [5.41, 5.74) is 1.07. The zero-order valence-electron chi connectivity index (χ0n) is 8.41. The SMILES string of the molecule is CCN(CCO)Cc1ccc(F)cc1. The fourth-order valence-electron chi connectivity index (χ4n) is 1.34. The highest BCUT2D eigenvalue weighted by Crippen LogP contribution is 2.05. The lowest BCUT2D eigenvalue weighted by atomic mass is 10.2. The Labute approximate surface area is 84.0 Å². The van der Waals surface area contributed by atoms with Crippen molar-refractivity contribution in [3.8, 4) is 0 Å². The Hall–Kier alpha value is -0.930. The Balaban J connectivity index is 2.53. The number of nitrogens with zero attached hydrogens (tertiary/aromatic N) is 1. The smallest absolute Gasteiger partial charge is 0.123 e. The fraction of sp³-hybridized carbons (Fsp3) is 0.455. The van der Waals surface area contributed by atoms with Gasteiger partial charge in [-0.25, -0.2) is 4.39 Å². The average molecular weight is 197 g/mol. The molecule has 0 atom stereocenters. The summed E-state index contributed by atoms with van der Waals surface area (Å²) in [7, 11) is 0. The first-order chi connectivity index (χ1) is 6.76. The molecule has 1 N–H and O–H groups in total. The van der Waals surface area contributed by atoms with E-state index in [2.05, 4.69) is 4.90 Å². The second kappa shape index (κ2) is 5.73. The van der Waals surface area contributed by atoms with Gasteiger partial charge in [0.05, 0.1) is 6.61 Å². The van der Waals surface area contributed by atoms with Crippen molar-refractivity contribution in [2.24, 2.45) is 0 Å². The van der Waals surface area contributed by atoms with Crippen LogP contribution in [0, 0.1) is 5.82 Å². The fourth-order valence-corrected chi connectivity index (χ4v) is 1.34. The molecule has 0 aliphatic carbocycles. The molecule has 1 aromatic carbocycles. The monoisotopic (exact) mass is 197 g/mol. The van der Waals surface area contributed by atoms with Crippen LogP contribution in [-0.4, -0.2) is 29.7 Å². The van der Waals surface area contributed by atoms with Crippen molar-refractivity contribution in [3.05, 3.63) is 35.6 Å². The summed E-state index contributed by atoms with van der Waals surface area (Å²) in [6, 6.07) is 6.47. The molecule has 78 valence electrons. The van der Waals surface area contributed by atoms with Gasteiger partial charge in [0.2, 0.25) is 0 Å². The quantitative estimate of drug-likeness (QED) is 0.775. The Bertz CT molecular complexity index is 260. The summed E-state index contributed by atoms with van der Waals surface area (Å²) in [6.07, 6.45) is 0. The predicted molar refractivity (Wildman–Crippen MR) is 54.4 cm³/mol. The highest BCUT2D eigenvalue weighted by molar-refractivity contribution is 5.15. The Morgan fingerprint density at radius 1 is 1.29 bits per heavy atom. The summed E-state index contributed by atoms with van der Waals surface area (Å²) in [5, 5.41) is 8.79. The topological polar surface area (TPSA) is 23.5 Å². The zero-order chi connectivity index (χ0) is 10.4. The van der Waals surface area contributed by atoms with Crippen molar-refractivity contribution in [2.45, 2.75) is 13.5 Å². The minimum absolute atomic E-state index is 0.162. The number of rotatable bonds is 5. The highest BCUT2D eigenvalue weighted by Gasteiger charge is 2.02. The minimum atomic E-state index is -0.209. The Morgan fingerprint density at radius 3 is 2.43 bits per heavy atom. The first kappa shape index (κ1) is 11.1. The van der Waals surface area contributed by atoms with E-state index in [-0.39, 0.29) is 12.4 Å². The molecule has 0 heterocycles. The van der Waals surface area contributed by atoms with E-state index < -0.39 is 0 Å². The molecule has 0 amide bonds. The third-order valence-electron chi connectivity index (χ3n) is 2.18. The van der Waals surface area contributed by atoms with E-state index in [0.717, 1.165) is 18.7 Å². The third kappa shape index (κ3) is 3.44. The van der Waals surface area contributed by atoms with Crippen LogP contribution in [-0.2, 0) is 6.54 Å². The van der Waals surface area contributed by atoms with E-state index in [4.69, 9.17) is 5.11 Å². The van der Waals surface area contributed by atoms with Crippen LogP contribution >= 0.6 is 0 Å². The number of benzene rings is 1. The van der Waals surface area contributed by atoms with Gasteiger partial charge in [-0.15, -0.1) is 0 Å². The van der Waals surface area contributed by atoms with Crippen LogP contribution in [0.5, 0.6) is 0 Å². The minimum Gasteiger partial charge on any atom is -0.395 e. The molecule has 0 fully saturated rings. The molecule has 3 heteroatoms. The van der Waals surface area contributed by atoms with Gasteiger partial charge in [-0.2, -0.15) is 0 Å². The van der Waals surface area contributed by atoms with E-state index in [1.54, 1.807) is 12.1 Å². The number of likely N-dealkylation sites (N-methyl/N-ethyl adjacent to an activating group) is 1. The molecule has 0 aliphatic heterocycles. The molecule has 0 bridgehead atoms. The molecule has 0 unspecified atom stereocenters. The summed E-state index contributed by atoms with van der Waals surface area (Å²) < 4.78 is 12.6. The molecule has 0 spiro atoms. The van der Waals surface area contributed by atoms with Crippen LogP contribution < -0.4 is 0 Å². The standard InChI is InChI=1S/C11H16FNO/c1-2-13(7-8-14)9-10-3-5-11(12)6-4-10/h3-6,14H,2,7-9H2,1H3. The molecular weight excluding hydrogens is 181 g/mol. The van der Waals surface area contributed by atoms with Crippen molar-refractivity contribution in [1.29, 1.82) is 0 Å². The van der Waals surface area contributed by atoms with Crippen LogP contribution in [0.2, 0.25) is 0 Å². The molecule has 0 aromatic heterocycles. The Kier molecular flexibility index (Phi) is 4.56. The lowest BCUT2D eigenvalue weighted by Crippen LogP contribution is -2.26. The van der Waals surface area contributed by atoms with Gasteiger partial charge in [-0.05, 0) is 24.2 Å². The lowest BCUT2D eigenvalue weighted by Gasteiger charge is -2.18. The van der Waals surface area contributed by atoms with Crippen molar-refractivity contribution in [3.63, 3.8) is 0 Å². The van der Waals surface area contributed by atoms with Gasteiger partial charge in [0.15, 0.2) is 0 Å². The van der Waals surface area contributed by atoms with Crippen molar-refractivity contribution in [1.82, 2.24) is 4.90 Å². The molecule has 0 saturated carbocycles. The zero-order valence-corrected chi connectivity index (χ0v) is 8.41. The normalized spacial score (nSPS) is 10.9. The molecule has 14 heavy (non-hydrogen) atoms. The number of hydrogen-bond acceptors (Lipinski definition) is 2. The van der Waals surface area contributed by atoms with Crippen LogP contribution in [0.25, 0.3) is 0 Å².